The molecule has 2 atom stereocenters. The highest BCUT2D eigenvalue weighted by atomic mass is 16.5. The van der Waals surface area contributed by atoms with E-state index >= 15 is 0 Å². The van der Waals surface area contributed by atoms with Crippen LogP contribution in [0, 0.1) is 0 Å². The average molecular weight is 559 g/mol. The lowest BCUT2D eigenvalue weighted by molar-refractivity contribution is -0.150. The number of ether oxygens (including phenoxy) is 2. The van der Waals surface area contributed by atoms with Gasteiger partial charge in [0.25, 0.3) is 0 Å². The fourth-order valence-corrected chi connectivity index (χ4v) is 4.05. The van der Waals surface area contributed by atoms with Crippen molar-refractivity contribution in [3.05, 3.63) is 54.1 Å². The van der Waals surface area contributed by atoms with Crippen LogP contribution >= 0.6 is 0 Å². The molecule has 40 heavy (non-hydrogen) atoms. The standard InChI is InChI=1S/C22H28N2O4.C6H14N4O2/c1-2-27-21(22(25)26)16-17-7-5-8-18(15-17)23-11-6-12-24-13-14-28-20-10-4-3-9-19(20)24;7-4(5(11)12)2-1-3-10-6(8)9/h3-5,7-10,15,21,23H,2,6,11-14,16H2,1H3,(H,25,26);4H,1-3,7H2,(H,11,12)(H4,8,9,10). The Morgan fingerprint density at radius 1 is 1.12 bits per heavy atom. The zero-order chi connectivity index (χ0) is 29.3. The number of carboxylic acid groups (broad SMARTS) is 2. The molecule has 3 rings (SSSR count). The van der Waals surface area contributed by atoms with Crippen molar-refractivity contribution < 1.29 is 29.3 Å². The van der Waals surface area contributed by atoms with Crippen LogP contribution in [0.1, 0.15) is 31.7 Å². The van der Waals surface area contributed by atoms with Gasteiger partial charge >= 0.3 is 11.9 Å². The number of fused-ring (bicyclic) bond motifs is 1. The van der Waals surface area contributed by atoms with Gasteiger partial charge < -0.3 is 47.1 Å². The first kappa shape index (κ1) is 32.2. The van der Waals surface area contributed by atoms with Gasteiger partial charge in [0.1, 0.15) is 18.4 Å². The summed E-state index contributed by atoms with van der Waals surface area (Å²) in [6.07, 6.45) is 1.51. The smallest absolute Gasteiger partial charge is 0.333 e. The fraction of sp³-hybridized carbons (Fsp3) is 0.464. The monoisotopic (exact) mass is 558 g/mol. The summed E-state index contributed by atoms with van der Waals surface area (Å²) in [5.74, 6) is -0.957. The maximum atomic E-state index is 11.3. The molecule has 0 bridgehead atoms. The number of aliphatic imine (C=N–C) groups is 1. The predicted molar refractivity (Wildman–Crippen MR) is 156 cm³/mol. The maximum Gasteiger partial charge on any atom is 0.333 e. The molecule has 0 aliphatic carbocycles. The van der Waals surface area contributed by atoms with Crippen LogP contribution in [-0.2, 0) is 20.7 Å². The van der Waals surface area contributed by atoms with Crippen LogP contribution in [0.5, 0.6) is 5.75 Å². The van der Waals surface area contributed by atoms with Crippen molar-refractivity contribution >= 4 is 29.3 Å². The van der Waals surface area contributed by atoms with Crippen LogP contribution in [0.25, 0.3) is 0 Å². The summed E-state index contributed by atoms with van der Waals surface area (Å²) < 4.78 is 11.0. The first-order valence-corrected chi connectivity index (χ1v) is 13.4. The van der Waals surface area contributed by atoms with Crippen molar-refractivity contribution in [2.45, 2.75) is 44.8 Å². The summed E-state index contributed by atoms with van der Waals surface area (Å²) >= 11 is 0. The van der Waals surface area contributed by atoms with Crippen LogP contribution in [-0.4, -0.2) is 79.6 Å². The number of hydrogen-bond donors (Lipinski definition) is 6. The Bertz CT molecular complexity index is 1090. The molecule has 1 aliphatic heterocycles. The Labute approximate surface area is 235 Å². The molecule has 0 saturated carbocycles. The Morgan fingerprint density at radius 2 is 1.90 bits per heavy atom. The van der Waals surface area contributed by atoms with Crippen LogP contribution in [0.15, 0.2) is 53.5 Å². The predicted octanol–water partition coefficient (Wildman–Crippen LogP) is 1.87. The lowest BCUT2D eigenvalue weighted by Gasteiger charge is -2.31. The van der Waals surface area contributed by atoms with Gasteiger partial charge in [0.2, 0.25) is 0 Å². The van der Waals surface area contributed by atoms with Gasteiger partial charge in [-0.05, 0) is 56.0 Å². The molecule has 12 heteroatoms. The Balaban J connectivity index is 0.000000395. The molecular formula is C28H42N6O6. The van der Waals surface area contributed by atoms with Crippen molar-refractivity contribution in [1.29, 1.82) is 0 Å². The number of rotatable bonds is 15. The molecule has 0 saturated heterocycles. The molecule has 2 aromatic rings. The van der Waals surface area contributed by atoms with Crippen LogP contribution < -0.4 is 32.2 Å². The number of nitrogens with one attached hydrogen (secondary N) is 1. The van der Waals surface area contributed by atoms with Gasteiger partial charge in [-0.25, -0.2) is 4.79 Å². The molecule has 0 amide bonds. The molecule has 1 heterocycles. The van der Waals surface area contributed by atoms with Crippen molar-refractivity contribution in [3.8, 4) is 5.75 Å². The second-order valence-corrected chi connectivity index (χ2v) is 9.16. The zero-order valence-electron chi connectivity index (χ0n) is 23.0. The van der Waals surface area contributed by atoms with E-state index in [1.54, 1.807) is 6.92 Å². The SMILES string of the molecule is CCOC(Cc1cccc(NCCCN2CCOc3ccccc32)c1)C(=O)O.NC(N)=NCCCC(N)C(=O)O. The van der Waals surface area contributed by atoms with Crippen molar-refractivity contribution in [2.24, 2.45) is 22.2 Å². The van der Waals surface area contributed by atoms with Crippen molar-refractivity contribution in [2.75, 3.05) is 49.6 Å². The number of carboxylic acids is 2. The third kappa shape index (κ3) is 11.8. The van der Waals surface area contributed by atoms with E-state index in [0.717, 1.165) is 55.3 Å². The highest BCUT2D eigenvalue weighted by molar-refractivity contribution is 5.75. The van der Waals surface area contributed by atoms with Gasteiger partial charge in [-0.15, -0.1) is 0 Å². The van der Waals surface area contributed by atoms with E-state index in [1.165, 1.54) is 0 Å². The van der Waals surface area contributed by atoms with E-state index in [9.17, 15) is 14.7 Å². The topological polar surface area (TPSA) is 199 Å². The second kappa shape index (κ2) is 17.5. The minimum absolute atomic E-state index is 0.0129. The van der Waals surface area contributed by atoms with Crippen molar-refractivity contribution in [3.63, 3.8) is 0 Å². The third-order valence-electron chi connectivity index (χ3n) is 6.03. The Morgan fingerprint density at radius 3 is 2.60 bits per heavy atom. The highest BCUT2D eigenvalue weighted by Gasteiger charge is 2.18. The lowest BCUT2D eigenvalue weighted by Crippen LogP contribution is -2.34. The van der Waals surface area contributed by atoms with Gasteiger partial charge in [-0.2, -0.15) is 0 Å². The average Bonchev–Trinajstić information content (AvgIpc) is 2.93. The summed E-state index contributed by atoms with van der Waals surface area (Å²) in [6.45, 7) is 6.04. The van der Waals surface area contributed by atoms with Gasteiger partial charge in [-0.1, -0.05) is 24.3 Å². The molecule has 12 nitrogen and oxygen atoms in total. The van der Waals surface area contributed by atoms with Crippen LogP contribution in [0.2, 0.25) is 0 Å². The number of nitrogens with zero attached hydrogens (tertiary/aromatic N) is 2. The molecule has 0 aromatic heterocycles. The Kier molecular flexibility index (Phi) is 14.1. The largest absolute Gasteiger partial charge is 0.490 e. The van der Waals surface area contributed by atoms with E-state index in [0.29, 0.717) is 32.4 Å². The van der Waals surface area contributed by atoms with Gasteiger partial charge in [0, 0.05) is 38.3 Å². The molecule has 2 aromatic carbocycles. The number of aliphatic carboxylic acids is 2. The van der Waals surface area contributed by atoms with E-state index in [4.69, 9.17) is 31.8 Å². The number of guanidine groups is 1. The van der Waals surface area contributed by atoms with E-state index < -0.39 is 24.1 Å². The lowest BCUT2D eigenvalue weighted by atomic mass is 10.1. The molecule has 9 N–H and O–H groups in total. The zero-order valence-corrected chi connectivity index (χ0v) is 23.0. The van der Waals surface area contributed by atoms with E-state index in [2.05, 4.69) is 21.3 Å². The van der Waals surface area contributed by atoms with Crippen molar-refractivity contribution in [1.82, 2.24) is 0 Å². The van der Waals surface area contributed by atoms with Crippen LogP contribution in [0.4, 0.5) is 11.4 Å². The fourth-order valence-electron chi connectivity index (χ4n) is 4.05. The minimum Gasteiger partial charge on any atom is -0.490 e. The molecule has 0 spiro atoms. The number of hydrogen-bond acceptors (Lipinski definition) is 8. The number of carbonyl (C=O) groups is 2. The summed E-state index contributed by atoms with van der Waals surface area (Å²) in [4.78, 5) is 27.5. The van der Waals surface area contributed by atoms with E-state index in [-0.39, 0.29) is 5.96 Å². The molecule has 2 unspecified atom stereocenters. The third-order valence-corrected chi connectivity index (χ3v) is 6.03. The molecular weight excluding hydrogens is 516 g/mol. The molecule has 220 valence electrons. The summed E-state index contributed by atoms with van der Waals surface area (Å²) in [5.41, 5.74) is 18.4. The maximum absolute atomic E-state index is 11.3. The highest BCUT2D eigenvalue weighted by Crippen LogP contribution is 2.30. The van der Waals surface area contributed by atoms with Gasteiger partial charge in [0.15, 0.2) is 12.1 Å². The number of para-hydroxylation sites is 2. The second-order valence-electron chi connectivity index (χ2n) is 9.16. The molecule has 0 radical (unpaired) electrons. The number of nitrogens with two attached hydrogens (primary N) is 3. The summed E-state index contributed by atoms with van der Waals surface area (Å²) in [5, 5.41) is 21.1. The minimum atomic E-state index is -1.00. The normalized spacial score (nSPS) is 13.5. The molecule has 0 fully saturated rings. The van der Waals surface area contributed by atoms with E-state index in [1.807, 2.05) is 42.5 Å². The first-order chi connectivity index (χ1) is 19.2. The van der Waals surface area contributed by atoms with Crippen LogP contribution in [0.3, 0.4) is 0 Å². The summed E-state index contributed by atoms with van der Waals surface area (Å²) in [7, 11) is 0. The summed E-state index contributed by atoms with van der Waals surface area (Å²) in [6, 6.07) is 15.2. The quantitative estimate of drug-likeness (QED) is 0.106. The first-order valence-electron chi connectivity index (χ1n) is 13.4. The van der Waals surface area contributed by atoms with Gasteiger partial charge in [0.05, 0.1) is 12.2 Å². The number of anilines is 2. The number of benzene rings is 2. The van der Waals surface area contributed by atoms with Gasteiger partial charge in [-0.3, -0.25) is 9.79 Å². The Hall–Kier alpha value is -4.03. The molecule has 1 aliphatic rings.